The Kier molecular flexibility index (Phi) is 4.31. The Hall–Kier alpha value is -2.30. The van der Waals surface area contributed by atoms with Crippen molar-refractivity contribution >= 4 is 15.7 Å². The van der Waals surface area contributed by atoms with Gasteiger partial charge in [0.15, 0.2) is 0 Å². The zero-order chi connectivity index (χ0) is 15.5. The molecule has 110 valence electrons. The Bertz CT molecular complexity index is 813. The minimum absolute atomic E-state index is 0.100. The lowest BCUT2D eigenvalue weighted by atomic mass is 10.1. The van der Waals surface area contributed by atoms with Gasteiger partial charge in [-0.1, -0.05) is 17.9 Å². The smallest absolute Gasteiger partial charge is 0.265 e. The first-order valence-electron chi connectivity index (χ1n) is 6.23. The molecular formula is C14H16N4O2S. The summed E-state index contributed by atoms with van der Waals surface area (Å²) in [6, 6.07) is 5.31. The number of nitrogens with one attached hydrogen (secondary N) is 1. The Morgan fingerprint density at radius 1 is 1.43 bits per heavy atom. The maximum atomic E-state index is 12.3. The highest BCUT2D eigenvalue weighted by molar-refractivity contribution is 7.92. The van der Waals surface area contributed by atoms with Gasteiger partial charge in [-0.3, -0.25) is 9.40 Å². The summed E-state index contributed by atoms with van der Waals surface area (Å²) >= 11 is 0. The van der Waals surface area contributed by atoms with Gasteiger partial charge in [0, 0.05) is 18.8 Å². The first-order chi connectivity index (χ1) is 9.92. The number of hydrogen-bond acceptors (Lipinski definition) is 4. The van der Waals surface area contributed by atoms with E-state index in [2.05, 4.69) is 21.7 Å². The van der Waals surface area contributed by atoms with E-state index in [1.54, 1.807) is 13.1 Å². The van der Waals surface area contributed by atoms with E-state index in [0.29, 0.717) is 11.3 Å². The van der Waals surface area contributed by atoms with Gasteiger partial charge in [-0.15, -0.1) is 0 Å². The van der Waals surface area contributed by atoms with Crippen molar-refractivity contribution in [2.24, 2.45) is 12.8 Å². The van der Waals surface area contributed by atoms with E-state index in [1.165, 1.54) is 17.1 Å². The third-order valence-electron chi connectivity index (χ3n) is 2.74. The molecule has 0 spiro atoms. The lowest BCUT2D eigenvalue weighted by Gasteiger charge is -2.09. The van der Waals surface area contributed by atoms with Crippen molar-refractivity contribution in [1.82, 2.24) is 9.78 Å². The number of sulfonamides is 1. The van der Waals surface area contributed by atoms with E-state index in [-0.39, 0.29) is 11.4 Å². The highest BCUT2D eigenvalue weighted by atomic mass is 32.2. The lowest BCUT2D eigenvalue weighted by molar-refractivity contribution is 0.601. The molecule has 0 unspecified atom stereocenters. The predicted molar refractivity (Wildman–Crippen MR) is 81.1 cm³/mol. The number of hydrogen-bond donors (Lipinski definition) is 2. The molecule has 21 heavy (non-hydrogen) atoms. The van der Waals surface area contributed by atoms with Crippen molar-refractivity contribution in [2.75, 3.05) is 11.3 Å². The van der Waals surface area contributed by atoms with E-state index in [0.717, 1.165) is 5.56 Å². The Morgan fingerprint density at radius 2 is 2.19 bits per heavy atom. The number of benzene rings is 1. The SMILES string of the molecule is Cc1ccc(NS(=O)(=O)c2cnn(C)c2)c(C#CCN)c1. The van der Waals surface area contributed by atoms with Crippen LogP contribution in [0.3, 0.4) is 0 Å². The van der Waals surface area contributed by atoms with E-state index < -0.39 is 10.0 Å². The summed E-state index contributed by atoms with van der Waals surface area (Å²) in [6.45, 7) is 2.12. The summed E-state index contributed by atoms with van der Waals surface area (Å²) in [5, 5.41) is 3.86. The van der Waals surface area contributed by atoms with E-state index in [4.69, 9.17) is 5.73 Å². The molecule has 2 aromatic rings. The molecule has 0 saturated carbocycles. The fourth-order valence-electron chi connectivity index (χ4n) is 1.74. The fourth-order valence-corrected chi connectivity index (χ4v) is 2.80. The molecule has 0 aliphatic carbocycles. The molecule has 2 rings (SSSR count). The third-order valence-corrected chi connectivity index (χ3v) is 4.06. The van der Waals surface area contributed by atoms with Gasteiger partial charge in [-0.25, -0.2) is 8.42 Å². The molecule has 1 aromatic heterocycles. The topological polar surface area (TPSA) is 90.0 Å². The van der Waals surface area contributed by atoms with Crippen molar-refractivity contribution in [1.29, 1.82) is 0 Å². The second-order valence-electron chi connectivity index (χ2n) is 4.51. The molecule has 1 heterocycles. The van der Waals surface area contributed by atoms with Gasteiger partial charge in [0.25, 0.3) is 10.0 Å². The average Bonchev–Trinajstić information content (AvgIpc) is 2.86. The molecule has 7 heteroatoms. The van der Waals surface area contributed by atoms with Crippen LogP contribution < -0.4 is 10.5 Å². The Balaban J connectivity index is 2.39. The Morgan fingerprint density at radius 3 is 2.81 bits per heavy atom. The van der Waals surface area contributed by atoms with Crippen LogP contribution >= 0.6 is 0 Å². The zero-order valence-corrected chi connectivity index (χ0v) is 12.6. The molecule has 1 aromatic carbocycles. The summed E-state index contributed by atoms with van der Waals surface area (Å²) in [4.78, 5) is 0.100. The predicted octanol–water partition coefficient (Wildman–Crippen LogP) is 0.840. The summed E-state index contributed by atoms with van der Waals surface area (Å²) in [5.74, 6) is 5.60. The minimum atomic E-state index is -3.69. The van der Waals surface area contributed by atoms with Crippen LogP contribution in [0.2, 0.25) is 0 Å². The van der Waals surface area contributed by atoms with Gasteiger partial charge in [0.1, 0.15) is 4.90 Å². The molecule has 0 amide bonds. The van der Waals surface area contributed by atoms with Crippen molar-refractivity contribution in [3.8, 4) is 11.8 Å². The second-order valence-corrected chi connectivity index (χ2v) is 6.19. The largest absolute Gasteiger partial charge is 0.320 e. The zero-order valence-electron chi connectivity index (χ0n) is 11.8. The summed E-state index contributed by atoms with van der Waals surface area (Å²) in [7, 11) is -2.03. The normalized spacial score (nSPS) is 10.8. The first kappa shape index (κ1) is 15.1. The molecule has 0 aliphatic heterocycles. The number of anilines is 1. The monoisotopic (exact) mass is 304 g/mol. The van der Waals surface area contributed by atoms with Gasteiger partial charge >= 0.3 is 0 Å². The molecule has 6 nitrogen and oxygen atoms in total. The highest BCUT2D eigenvalue weighted by Crippen LogP contribution is 2.20. The standard InChI is InChI=1S/C14H16N4O2S/c1-11-5-6-14(12(8-11)4-3-7-15)17-21(19,20)13-9-16-18(2)10-13/h5-6,8-10,17H,7,15H2,1-2H3. The van der Waals surface area contributed by atoms with Gasteiger partial charge in [-0.05, 0) is 24.6 Å². The number of aryl methyl sites for hydroxylation is 2. The lowest BCUT2D eigenvalue weighted by Crippen LogP contribution is -2.13. The molecule has 0 aliphatic rings. The molecule has 0 saturated heterocycles. The number of nitrogens with zero attached hydrogens (tertiary/aromatic N) is 2. The maximum absolute atomic E-state index is 12.3. The van der Waals surface area contributed by atoms with E-state index >= 15 is 0 Å². The van der Waals surface area contributed by atoms with E-state index in [9.17, 15) is 8.42 Å². The molecule has 0 bridgehead atoms. The van der Waals surface area contributed by atoms with Crippen molar-refractivity contribution in [3.63, 3.8) is 0 Å². The van der Waals surface area contributed by atoms with Crippen LogP contribution in [0.4, 0.5) is 5.69 Å². The molecule has 0 atom stereocenters. The van der Waals surface area contributed by atoms with Crippen LogP contribution in [-0.4, -0.2) is 24.7 Å². The summed E-state index contributed by atoms with van der Waals surface area (Å²) in [6.07, 6.45) is 2.73. The number of aromatic nitrogens is 2. The average molecular weight is 304 g/mol. The van der Waals surface area contributed by atoms with Gasteiger partial charge in [0.05, 0.1) is 18.4 Å². The van der Waals surface area contributed by atoms with Crippen LogP contribution in [-0.2, 0) is 17.1 Å². The third kappa shape index (κ3) is 3.62. The number of rotatable bonds is 3. The molecule has 0 fully saturated rings. The quantitative estimate of drug-likeness (QED) is 0.822. The summed E-state index contributed by atoms with van der Waals surface area (Å²) < 4.78 is 28.5. The van der Waals surface area contributed by atoms with Gasteiger partial charge in [0.2, 0.25) is 0 Å². The molecular weight excluding hydrogens is 288 g/mol. The summed E-state index contributed by atoms with van der Waals surface area (Å²) in [5.41, 5.74) is 7.36. The van der Waals surface area contributed by atoms with Gasteiger partial charge < -0.3 is 5.73 Å². The number of nitrogens with two attached hydrogens (primary N) is 1. The highest BCUT2D eigenvalue weighted by Gasteiger charge is 2.17. The first-order valence-corrected chi connectivity index (χ1v) is 7.72. The van der Waals surface area contributed by atoms with E-state index in [1.807, 2.05) is 19.1 Å². The van der Waals surface area contributed by atoms with Gasteiger partial charge in [-0.2, -0.15) is 5.10 Å². The van der Waals surface area contributed by atoms with Crippen LogP contribution in [0, 0.1) is 18.8 Å². The maximum Gasteiger partial charge on any atom is 0.265 e. The second kappa shape index (κ2) is 5.99. The Labute approximate surface area is 124 Å². The minimum Gasteiger partial charge on any atom is -0.320 e. The molecule has 0 radical (unpaired) electrons. The van der Waals surface area contributed by atoms with Crippen molar-refractivity contribution < 1.29 is 8.42 Å². The van der Waals surface area contributed by atoms with Crippen LogP contribution in [0.5, 0.6) is 0 Å². The van der Waals surface area contributed by atoms with Crippen LogP contribution in [0.25, 0.3) is 0 Å². The molecule has 3 N–H and O–H groups in total. The van der Waals surface area contributed by atoms with Crippen molar-refractivity contribution in [2.45, 2.75) is 11.8 Å². The van der Waals surface area contributed by atoms with Crippen LogP contribution in [0.1, 0.15) is 11.1 Å². The fraction of sp³-hybridized carbons (Fsp3) is 0.214. The van der Waals surface area contributed by atoms with Crippen LogP contribution in [0.15, 0.2) is 35.5 Å². The van der Waals surface area contributed by atoms with Crippen molar-refractivity contribution in [3.05, 3.63) is 41.7 Å².